The number of halogens is 3. The molecule has 0 spiro atoms. The molecule has 0 radical (unpaired) electrons. The molecule has 25 heavy (non-hydrogen) atoms. The van der Waals surface area contributed by atoms with Crippen LogP contribution in [0.25, 0.3) is 11.2 Å². The molecule has 0 aliphatic carbocycles. The predicted octanol–water partition coefficient (Wildman–Crippen LogP) is 2.01. The molecule has 136 valence electrons. The van der Waals surface area contributed by atoms with Gasteiger partial charge in [-0.05, 0) is 13.0 Å². The van der Waals surface area contributed by atoms with Crippen LogP contribution >= 0.6 is 0 Å². The van der Waals surface area contributed by atoms with E-state index in [0.717, 1.165) is 0 Å². The zero-order valence-corrected chi connectivity index (χ0v) is 13.7. The number of imidazole rings is 1. The fourth-order valence-corrected chi connectivity index (χ4v) is 2.79. The molecule has 7 nitrogen and oxygen atoms in total. The van der Waals surface area contributed by atoms with E-state index in [2.05, 4.69) is 14.7 Å². The SMILES string of the molecule is CCn1c(N2CCO[C@H](C(F)(F)F)C2)nc2cc(C(=O)OC)cnc21. The number of carbonyl (C=O) groups excluding carboxylic acids is 1. The van der Waals surface area contributed by atoms with E-state index in [1.807, 2.05) is 6.92 Å². The average Bonchev–Trinajstić information content (AvgIpc) is 2.98. The lowest BCUT2D eigenvalue weighted by molar-refractivity contribution is -0.221. The number of esters is 1. The third kappa shape index (κ3) is 3.26. The van der Waals surface area contributed by atoms with Crippen molar-refractivity contribution in [3.8, 4) is 0 Å². The summed E-state index contributed by atoms with van der Waals surface area (Å²) >= 11 is 0. The molecule has 0 saturated carbocycles. The second kappa shape index (κ2) is 6.51. The van der Waals surface area contributed by atoms with Crippen molar-refractivity contribution >= 4 is 23.1 Å². The number of aromatic nitrogens is 3. The van der Waals surface area contributed by atoms with E-state index < -0.39 is 18.2 Å². The number of ether oxygens (including phenoxy) is 2. The molecule has 0 bridgehead atoms. The second-order valence-electron chi connectivity index (χ2n) is 5.56. The maximum Gasteiger partial charge on any atom is 0.416 e. The van der Waals surface area contributed by atoms with Crippen LogP contribution in [0.2, 0.25) is 0 Å². The highest BCUT2D eigenvalue weighted by molar-refractivity contribution is 5.92. The number of fused-ring (bicyclic) bond motifs is 1. The standard InChI is InChI=1S/C15H17F3N4O3/c1-3-22-12-10(6-9(7-19-12)13(23)24-2)20-14(22)21-4-5-25-11(8-21)15(16,17)18/h6-7,11H,3-5,8H2,1-2H3/t11-/m0/s1. The number of hydrogen-bond acceptors (Lipinski definition) is 6. The molecule has 1 fully saturated rings. The monoisotopic (exact) mass is 358 g/mol. The van der Waals surface area contributed by atoms with Crippen molar-refractivity contribution < 1.29 is 27.4 Å². The van der Waals surface area contributed by atoms with Gasteiger partial charge in [-0.2, -0.15) is 13.2 Å². The van der Waals surface area contributed by atoms with Crippen LogP contribution in [0.3, 0.4) is 0 Å². The molecule has 1 aliphatic heterocycles. The van der Waals surface area contributed by atoms with Crippen LogP contribution in [-0.4, -0.2) is 59.6 Å². The predicted molar refractivity (Wildman–Crippen MR) is 82.5 cm³/mol. The van der Waals surface area contributed by atoms with Crippen molar-refractivity contribution in [1.29, 1.82) is 0 Å². The Labute approximate surface area is 141 Å². The van der Waals surface area contributed by atoms with Gasteiger partial charge in [0.25, 0.3) is 0 Å². The number of morpholine rings is 1. The summed E-state index contributed by atoms with van der Waals surface area (Å²) in [6.45, 7) is 2.24. The zero-order valence-electron chi connectivity index (χ0n) is 13.7. The number of methoxy groups -OCH3 is 1. The van der Waals surface area contributed by atoms with Crippen molar-refractivity contribution in [3.63, 3.8) is 0 Å². The van der Waals surface area contributed by atoms with E-state index >= 15 is 0 Å². The lowest BCUT2D eigenvalue weighted by atomic mass is 10.3. The van der Waals surface area contributed by atoms with Crippen molar-refractivity contribution in [2.24, 2.45) is 0 Å². The molecule has 0 unspecified atom stereocenters. The average molecular weight is 358 g/mol. The fraction of sp³-hybridized carbons (Fsp3) is 0.533. The maximum absolute atomic E-state index is 13.0. The van der Waals surface area contributed by atoms with Crippen LogP contribution < -0.4 is 4.90 Å². The van der Waals surface area contributed by atoms with Gasteiger partial charge in [0.2, 0.25) is 5.95 Å². The van der Waals surface area contributed by atoms with Crippen LogP contribution in [0, 0.1) is 0 Å². The number of pyridine rings is 1. The summed E-state index contributed by atoms with van der Waals surface area (Å²) in [7, 11) is 1.26. The Hall–Kier alpha value is -2.36. The third-order valence-electron chi connectivity index (χ3n) is 4.02. The number of anilines is 1. The Balaban J connectivity index is 1.99. The lowest BCUT2D eigenvalue weighted by Crippen LogP contribution is -2.50. The molecule has 2 aromatic rings. The van der Waals surface area contributed by atoms with E-state index in [9.17, 15) is 18.0 Å². The molecule has 3 rings (SSSR count). The van der Waals surface area contributed by atoms with Gasteiger partial charge in [0.15, 0.2) is 11.8 Å². The van der Waals surface area contributed by atoms with E-state index in [-0.39, 0.29) is 18.7 Å². The molecule has 3 heterocycles. The van der Waals surface area contributed by atoms with Crippen molar-refractivity contribution in [2.75, 3.05) is 31.7 Å². The highest BCUT2D eigenvalue weighted by atomic mass is 19.4. The number of rotatable bonds is 3. The van der Waals surface area contributed by atoms with Gasteiger partial charge in [0.1, 0.15) is 5.52 Å². The van der Waals surface area contributed by atoms with E-state index in [4.69, 9.17) is 4.74 Å². The molecular weight excluding hydrogens is 341 g/mol. The van der Waals surface area contributed by atoms with Crippen LogP contribution in [0.15, 0.2) is 12.3 Å². The number of alkyl halides is 3. The van der Waals surface area contributed by atoms with Gasteiger partial charge >= 0.3 is 12.1 Å². The highest BCUT2D eigenvalue weighted by Crippen LogP contribution is 2.29. The smallest absolute Gasteiger partial charge is 0.416 e. The number of carbonyl (C=O) groups is 1. The lowest BCUT2D eigenvalue weighted by Gasteiger charge is -2.34. The molecule has 1 saturated heterocycles. The minimum absolute atomic E-state index is 0.0437. The Kier molecular flexibility index (Phi) is 4.55. The topological polar surface area (TPSA) is 69.5 Å². The molecular formula is C15H17F3N4O3. The van der Waals surface area contributed by atoms with Gasteiger partial charge < -0.3 is 14.4 Å². The quantitative estimate of drug-likeness (QED) is 0.782. The summed E-state index contributed by atoms with van der Waals surface area (Å²) in [6, 6.07) is 1.52. The number of hydrogen-bond donors (Lipinski definition) is 0. The second-order valence-corrected chi connectivity index (χ2v) is 5.56. The van der Waals surface area contributed by atoms with Crippen LogP contribution in [0.4, 0.5) is 19.1 Å². The third-order valence-corrected chi connectivity index (χ3v) is 4.02. The van der Waals surface area contributed by atoms with Crippen LogP contribution in [-0.2, 0) is 16.0 Å². The fourth-order valence-electron chi connectivity index (χ4n) is 2.79. The first kappa shape index (κ1) is 17.5. The molecule has 0 amide bonds. The van der Waals surface area contributed by atoms with Gasteiger partial charge in [-0.15, -0.1) is 0 Å². The van der Waals surface area contributed by atoms with Gasteiger partial charge in [-0.1, -0.05) is 0 Å². The first-order valence-corrected chi connectivity index (χ1v) is 7.73. The Morgan fingerprint density at radius 3 is 2.88 bits per heavy atom. The molecule has 0 N–H and O–H groups in total. The molecule has 1 atom stereocenters. The summed E-state index contributed by atoms with van der Waals surface area (Å²) in [6.07, 6.45) is -4.92. The summed E-state index contributed by atoms with van der Waals surface area (Å²) in [5.74, 6) is -0.171. The van der Waals surface area contributed by atoms with E-state index in [0.29, 0.717) is 30.2 Å². The minimum atomic E-state index is -4.43. The van der Waals surface area contributed by atoms with Crippen LogP contribution in [0.1, 0.15) is 17.3 Å². The Bertz CT molecular complexity index is 790. The van der Waals surface area contributed by atoms with Gasteiger partial charge in [0.05, 0.1) is 25.8 Å². The summed E-state index contributed by atoms with van der Waals surface area (Å²) in [4.78, 5) is 21.8. The Morgan fingerprint density at radius 1 is 1.48 bits per heavy atom. The van der Waals surface area contributed by atoms with Crippen molar-refractivity contribution in [1.82, 2.24) is 14.5 Å². The number of nitrogens with zero attached hydrogens (tertiary/aromatic N) is 4. The highest BCUT2D eigenvalue weighted by Gasteiger charge is 2.44. The minimum Gasteiger partial charge on any atom is -0.465 e. The number of aryl methyl sites for hydroxylation is 1. The largest absolute Gasteiger partial charge is 0.465 e. The maximum atomic E-state index is 13.0. The zero-order chi connectivity index (χ0) is 18.2. The first-order chi connectivity index (χ1) is 11.8. The van der Waals surface area contributed by atoms with Crippen molar-refractivity contribution in [2.45, 2.75) is 25.7 Å². The normalized spacial score (nSPS) is 18.6. The summed E-state index contributed by atoms with van der Waals surface area (Å²) in [5, 5.41) is 0. The molecule has 1 aliphatic rings. The summed E-state index contributed by atoms with van der Waals surface area (Å²) < 4.78 is 50.1. The van der Waals surface area contributed by atoms with Gasteiger partial charge in [-0.25, -0.2) is 14.8 Å². The van der Waals surface area contributed by atoms with E-state index in [1.165, 1.54) is 24.3 Å². The molecule has 10 heteroatoms. The first-order valence-electron chi connectivity index (χ1n) is 7.73. The van der Waals surface area contributed by atoms with E-state index in [1.54, 1.807) is 4.57 Å². The van der Waals surface area contributed by atoms with Crippen LogP contribution in [0.5, 0.6) is 0 Å². The van der Waals surface area contributed by atoms with Gasteiger partial charge in [0, 0.05) is 19.3 Å². The molecule has 0 aromatic carbocycles. The summed E-state index contributed by atoms with van der Waals surface area (Å²) in [5.41, 5.74) is 1.16. The molecule has 2 aromatic heterocycles. The van der Waals surface area contributed by atoms with Crippen molar-refractivity contribution in [3.05, 3.63) is 17.8 Å². The Morgan fingerprint density at radius 2 is 2.24 bits per heavy atom. The van der Waals surface area contributed by atoms with Gasteiger partial charge in [-0.3, -0.25) is 4.57 Å².